The van der Waals surface area contributed by atoms with Crippen LogP contribution in [0.5, 0.6) is 0 Å². The Hall–Kier alpha value is -0.880. The number of carboxylic acids is 1. The summed E-state index contributed by atoms with van der Waals surface area (Å²) in [6, 6.07) is -0.311. The van der Waals surface area contributed by atoms with E-state index >= 15 is 0 Å². The highest BCUT2D eigenvalue weighted by molar-refractivity contribution is 9.10. The summed E-state index contributed by atoms with van der Waals surface area (Å²) in [6.07, 6.45) is 1.51. The van der Waals surface area contributed by atoms with Gasteiger partial charge in [0.2, 0.25) is 0 Å². The first-order valence-electron chi connectivity index (χ1n) is 4.63. The molecule has 1 atom stereocenters. The summed E-state index contributed by atoms with van der Waals surface area (Å²) in [4.78, 5) is 10.5. The summed E-state index contributed by atoms with van der Waals surface area (Å²) in [6.45, 7) is 3.98. The van der Waals surface area contributed by atoms with Crippen LogP contribution in [0.15, 0.2) is 10.8 Å². The molecule has 0 aliphatic rings. The van der Waals surface area contributed by atoms with Crippen LogP contribution in [0.4, 0.5) is 0 Å². The van der Waals surface area contributed by atoms with Crippen LogP contribution in [0, 0.1) is 0 Å². The molecule has 0 saturated heterocycles. The number of aromatic nitrogens is 2. The Balaban J connectivity index is 2.91. The zero-order valence-electron chi connectivity index (χ0n) is 8.64. The quantitative estimate of drug-likeness (QED) is 0.877. The van der Waals surface area contributed by atoms with Gasteiger partial charge in [-0.3, -0.25) is 9.48 Å². The van der Waals surface area contributed by atoms with E-state index in [2.05, 4.69) is 21.0 Å². The van der Waals surface area contributed by atoms with Gasteiger partial charge in [0.1, 0.15) is 4.60 Å². The molecule has 3 N–H and O–H groups in total. The standard InChI is InChI=1S/C9H14BrN3O2/c1-5(2)13-9(10)6(4-12-13)7(11)3-8(14)15/h4-5,7H,3,11H2,1-2H3,(H,14,15). The second-order valence-corrected chi connectivity index (χ2v) is 4.38. The predicted octanol–water partition coefficient (Wildman–Crippen LogP) is 1.70. The smallest absolute Gasteiger partial charge is 0.305 e. The van der Waals surface area contributed by atoms with Gasteiger partial charge >= 0.3 is 5.97 Å². The van der Waals surface area contributed by atoms with E-state index in [0.29, 0.717) is 0 Å². The van der Waals surface area contributed by atoms with Gasteiger partial charge in [0.25, 0.3) is 0 Å². The molecule has 0 aromatic carbocycles. The topological polar surface area (TPSA) is 81.1 Å². The third-order valence-electron chi connectivity index (χ3n) is 2.04. The van der Waals surface area contributed by atoms with E-state index in [0.717, 1.165) is 10.2 Å². The lowest BCUT2D eigenvalue weighted by Crippen LogP contribution is -2.15. The molecule has 15 heavy (non-hydrogen) atoms. The number of halogens is 1. The number of aliphatic carboxylic acids is 1. The molecule has 84 valence electrons. The molecule has 0 aliphatic carbocycles. The van der Waals surface area contributed by atoms with Gasteiger partial charge < -0.3 is 10.8 Å². The third kappa shape index (κ3) is 2.79. The molecular weight excluding hydrogens is 262 g/mol. The highest BCUT2D eigenvalue weighted by Gasteiger charge is 2.18. The van der Waals surface area contributed by atoms with Gasteiger partial charge in [0.15, 0.2) is 0 Å². The van der Waals surface area contributed by atoms with Crippen molar-refractivity contribution in [2.75, 3.05) is 0 Å². The Labute approximate surface area is 96.4 Å². The Morgan fingerprint density at radius 1 is 1.73 bits per heavy atom. The predicted molar refractivity (Wildman–Crippen MR) is 59.5 cm³/mol. The van der Waals surface area contributed by atoms with Crippen LogP contribution in [-0.2, 0) is 4.79 Å². The van der Waals surface area contributed by atoms with Crippen molar-refractivity contribution < 1.29 is 9.90 Å². The zero-order chi connectivity index (χ0) is 11.6. The van der Waals surface area contributed by atoms with E-state index in [1.54, 1.807) is 10.9 Å². The van der Waals surface area contributed by atoms with Crippen molar-refractivity contribution in [2.45, 2.75) is 32.4 Å². The minimum atomic E-state index is -0.910. The minimum Gasteiger partial charge on any atom is -0.481 e. The summed E-state index contributed by atoms with van der Waals surface area (Å²) in [5, 5.41) is 12.8. The van der Waals surface area contributed by atoms with Gasteiger partial charge in [0.05, 0.1) is 12.6 Å². The average molecular weight is 276 g/mol. The fraction of sp³-hybridized carbons (Fsp3) is 0.556. The Kier molecular flexibility index (Phi) is 3.87. The van der Waals surface area contributed by atoms with Crippen LogP contribution in [0.2, 0.25) is 0 Å². The number of carbonyl (C=O) groups is 1. The summed E-state index contributed by atoms with van der Waals surface area (Å²) in [5.74, 6) is -0.910. The van der Waals surface area contributed by atoms with E-state index in [4.69, 9.17) is 10.8 Å². The summed E-state index contributed by atoms with van der Waals surface area (Å²) < 4.78 is 2.52. The van der Waals surface area contributed by atoms with Crippen LogP contribution < -0.4 is 5.73 Å². The number of rotatable bonds is 4. The van der Waals surface area contributed by atoms with Gasteiger partial charge in [-0.1, -0.05) is 0 Å². The zero-order valence-corrected chi connectivity index (χ0v) is 10.2. The van der Waals surface area contributed by atoms with Crippen molar-refractivity contribution in [2.24, 2.45) is 5.73 Å². The fourth-order valence-electron chi connectivity index (χ4n) is 1.27. The normalized spacial score (nSPS) is 13.1. The van der Waals surface area contributed by atoms with Gasteiger partial charge in [-0.15, -0.1) is 0 Å². The average Bonchev–Trinajstić information content (AvgIpc) is 2.45. The molecule has 1 aromatic rings. The van der Waals surface area contributed by atoms with Crippen molar-refractivity contribution in [3.63, 3.8) is 0 Å². The van der Waals surface area contributed by atoms with Crippen molar-refractivity contribution in [3.8, 4) is 0 Å². The first kappa shape index (κ1) is 12.2. The van der Waals surface area contributed by atoms with Gasteiger partial charge in [-0.2, -0.15) is 5.10 Å². The lowest BCUT2D eigenvalue weighted by atomic mass is 10.1. The highest BCUT2D eigenvalue weighted by Crippen LogP contribution is 2.26. The maximum atomic E-state index is 10.5. The highest BCUT2D eigenvalue weighted by atomic mass is 79.9. The molecule has 0 amide bonds. The number of carboxylic acid groups (broad SMARTS) is 1. The number of hydrogen-bond acceptors (Lipinski definition) is 3. The fourth-order valence-corrected chi connectivity index (χ4v) is 2.16. The largest absolute Gasteiger partial charge is 0.481 e. The first-order chi connectivity index (χ1) is 6.93. The Morgan fingerprint density at radius 2 is 2.33 bits per heavy atom. The molecule has 0 saturated carbocycles. The lowest BCUT2D eigenvalue weighted by molar-refractivity contribution is -0.137. The molecule has 1 heterocycles. The number of hydrogen-bond donors (Lipinski definition) is 2. The van der Waals surface area contributed by atoms with Crippen molar-refractivity contribution in [1.82, 2.24) is 9.78 Å². The van der Waals surface area contributed by atoms with Gasteiger partial charge in [-0.05, 0) is 29.8 Å². The maximum absolute atomic E-state index is 10.5. The SMILES string of the molecule is CC(C)n1ncc(C(N)CC(=O)O)c1Br. The van der Waals surface area contributed by atoms with E-state index in [-0.39, 0.29) is 12.5 Å². The molecule has 0 fully saturated rings. The number of nitrogens with zero attached hydrogens (tertiary/aromatic N) is 2. The molecule has 1 aromatic heterocycles. The molecule has 6 heteroatoms. The second-order valence-electron chi connectivity index (χ2n) is 3.63. The molecule has 0 bridgehead atoms. The molecular formula is C9H14BrN3O2. The third-order valence-corrected chi connectivity index (χ3v) is 2.86. The Bertz CT molecular complexity index is 362. The molecule has 5 nitrogen and oxygen atoms in total. The van der Waals surface area contributed by atoms with Crippen LogP contribution in [0.1, 0.15) is 37.9 Å². The minimum absolute atomic E-state index is 0.0949. The van der Waals surface area contributed by atoms with Crippen LogP contribution in [-0.4, -0.2) is 20.9 Å². The molecule has 0 radical (unpaired) electrons. The van der Waals surface area contributed by atoms with E-state index in [9.17, 15) is 4.79 Å². The summed E-state index contributed by atoms with van der Waals surface area (Å²) >= 11 is 3.37. The van der Waals surface area contributed by atoms with Crippen LogP contribution in [0.3, 0.4) is 0 Å². The van der Waals surface area contributed by atoms with E-state index in [1.165, 1.54) is 0 Å². The molecule has 1 rings (SSSR count). The molecule has 1 unspecified atom stereocenters. The van der Waals surface area contributed by atoms with Crippen molar-refractivity contribution >= 4 is 21.9 Å². The number of nitrogens with two attached hydrogens (primary N) is 1. The first-order valence-corrected chi connectivity index (χ1v) is 5.43. The summed E-state index contributed by atoms with van der Waals surface area (Å²) in [5.41, 5.74) is 6.47. The monoisotopic (exact) mass is 275 g/mol. The maximum Gasteiger partial charge on any atom is 0.305 e. The molecule has 0 aliphatic heterocycles. The van der Waals surface area contributed by atoms with E-state index < -0.39 is 12.0 Å². The van der Waals surface area contributed by atoms with Crippen LogP contribution >= 0.6 is 15.9 Å². The van der Waals surface area contributed by atoms with Gasteiger partial charge in [-0.25, -0.2) is 0 Å². The van der Waals surface area contributed by atoms with Gasteiger partial charge in [0, 0.05) is 17.6 Å². The Morgan fingerprint density at radius 3 is 2.73 bits per heavy atom. The molecule has 0 spiro atoms. The van der Waals surface area contributed by atoms with Crippen molar-refractivity contribution in [1.29, 1.82) is 0 Å². The van der Waals surface area contributed by atoms with E-state index in [1.807, 2.05) is 13.8 Å². The summed E-state index contributed by atoms with van der Waals surface area (Å²) in [7, 11) is 0. The van der Waals surface area contributed by atoms with Crippen LogP contribution in [0.25, 0.3) is 0 Å². The van der Waals surface area contributed by atoms with Crippen molar-refractivity contribution in [3.05, 3.63) is 16.4 Å². The lowest BCUT2D eigenvalue weighted by Gasteiger charge is -2.10. The second kappa shape index (κ2) is 4.76.